The Hall–Kier alpha value is -1.79. The molecule has 0 aromatic rings. The van der Waals surface area contributed by atoms with Crippen molar-refractivity contribution >= 4 is 18.0 Å². The van der Waals surface area contributed by atoms with E-state index in [2.05, 4.69) is 5.32 Å². The fourth-order valence-corrected chi connectivity index (χ4v) is 2.46. The van der Waals surface area contributed by atoms with Crippen molar-refractivity contribution in [2.75, 3.05) is 13.7 Å². The SMILES string of the molecule is COC(=O)[C@@H]1CCN1C(=O)C(NC(=O)OC(C)(C)C)C1CC1. The Morgan fingerprint density at radius 3 is 2.23 bits per heavy atom. The number of alkyl carbamates (subject to hydrolysis) is 1. The number of carbonyl (C=O) groups is 3. The van der Waals surface area contributed by atoms with E-state index < -0.39 is 29.7 Å². The van der Waals surface area contributed by atoms with Gasteiger partial charge in [0, 0.05) is 6.54 Å². The standard InChI is InChI=1S/C15H24N2O5/c1-15(2,3)22-14(20)16-11(9-5-6-9)12(18)17-8-7-10(17)13(19)21-4/h9-11H,5-8H2,1-4H3,(H,16,20)/t10-,11?/m0/s1. The highest BCUT2D eigenvalue weighted by molar-refractivity contribution is 5.91. The quantitative estimate of drug-likeness (QED) is 0.785. The second-order valence-corrected chi connectivity index (χ2v) is 6.82. The van der Waals surface area contributed by atoms with Crippen LogP contribution in [-0.4, -0.2) is 54.2 Å². The number of ether oxygens (including phenoxy) is 2. The molecule has 7 nitrogen and oxygen atoms in total. The van der Waals surface area contributed by atoms with Crippen LogP contribution in [0.15, 0.2) is 0 Å². The number of nitrogens with one attached hydrogen (secondary N) is 1. The third-order valence-electron chi connectivity index (χ3n) is 3.81. The second kappa shape index (κ2) is 6.14. The van der Waals surface area contributed by atoms with Crippen LogP contribution in [0.5, 0.6) is 0 Å². The topological polar surface area (TPSA) is 84.9 Å². The minimum absolute atomic E-state index is 0.124. The van der Waals surface area contributed by atoms with Gasteiger partial charge in [-0.3, -0.25) is 4.79 Å². The Labute approximate surface area is 130 Å². The molecule has 1 aliphatic heterocycles. The minimum atomic E-state index is -0.623. The molecule has 0 bridgehead atoms. The molecule has 2 aliphatic rings. The number of hydrogen-bond acceptors (Lipinski definition) is 5. The number of likely N-dealkylation sites (tertiary alicyclic amines) is 1. The van der Waals surface area contributed by atoms with Gasteiger partial charge in [-0.1, -0.05) is 0 Å². The van der Waals surface area contributed by atoms with E-state index >= 15 is 0 Å². The molecule has 1 heterocycles. The van der Waals surface area contributed by atoms with Crippen LogP contribution >= 0.6 is 0 Å². The number of amides is 2. The van der Waals surface area contributed by atoms with Crippen molar-refractivity contribution in [3.05, 3.63) is 0 Å². The number of nitrogens with zero attached hydrogens (tertiary/aromatic N) is 1. The van der Waals surface area contributed by atoms with E-state index in [1.165, 1.54) is 12.0 Å². The maximum atomic E-state index is 12.6. The Balaban J connectivity index is 1.98. The Kier molecular flexibility index (Phi) is 4.63. The predicted octanol–water partition coefficient (Wildman–Crippen LogP) is 1.06. The summed E-state index contributed by atoms with van der Waals surface area (Å²) in [7, 11) is 1.31. The molecule has 0 radical (unpaired) electrons. The summed E-state index contributed by atoms with van der Waals surface area (Å²) in [4.78, 5) is 37.6. The molecule has 124 valence electrons. The molecule has 7 heteroatoms. The van der Waals surface area contributed by atoms with Gasteiger partial charge in [0.25, 0.3) is 0 Å². The van der Waals surface area contributed by atoms with Gasteiger partial charge in [0.1, 0.15) is 17.7 Å². The van der Waals surface area contributed by atoms with Crippen LogP contribution in [0.1, 0.15) is 40.0 Å². The normalized spacial score (nSPS) is 22.4. The van der Waals surface area contributed by atoms with Crippen LogP contribution in [0.25, 0.3) is 0 Å². The van der Waals surface area contributed by atoms with Crippen LogP contribution in [0.4, 0.5) is 4.79 Å². The molecule has 2 amide bonds. The average molecular weight is 312 g/mol. The summed E-state index contributed by atoms with van der Waals surface area (Å²) in [6.45, 7) is 5.81. The molecule has 2 rings (SSSR count). The largest absolute Gasteiger partial charge is 0.467 e. The number of hydrogen-bond donors (Lipinski definition) is 1. The van der Waals surface area contributed by atoms with E-state index in [0.717, 1.165) is 12.8 Å². The van der Waals surface area contributed by atoms with Gasteiger partial charge in [-0.2, -0.15) is 0 Å². The average Bonchev–Trinajstić information content (AvgIpc) is 3.16. The van der Waals surface area contributed by atoms with Gasteiger partial charge < -0.3 is 19.7 Å². The third-order valence-corrected chi connectivity index (χ3v) is 3.81. The van der Waals surface area contributed by atoms with Crippen LogP contribution in [0.3, 0.4) is 0 Å². The van der Waals surface area contributed by atoms with Gasteiger partial charge in [0.05, 0.1) is 7.11 Å². The summed E-state index contributed by atoms with van der Waals surface area (Å²) in [5.74, 6) is -0.514. The first-order chi connectivity index (χ1) is 10.2. The molecule has 2 atom stereocenters. The third kappa shape index (κ3) is 3.90. The number of carbonyl (C=O) groups excluding carboxylic acids is 3. The van der Waals surface area contributed by atoms with Crippen molar-refractivity contribution in [3.8, 4) is 0 Å². The lowest BCUT2D eigenvalue weighted by atomic mass is 10.00. The molecule has 22 heavy (non-hydrogen) atoms. The summed E-state index contributed by atoms with van der Waals surface area (Å²) in [5, 5.41) is 2.66. The van der Waals surface area contributed by atoms with Crippen LogP contribution in [-0.2, 0) is 19.1 Å². The molecule has 2 fully saturated rings. The zero-order valence-electron chi connectivity index (χ0n) is 13.5. The summed E-state index contributed by atoms with van der Waals surface area (Å²) in [5.41, 5.74) is -0.619. The molecular formula is C15H24N2O5. The van der Waals surface area contributed by atoms with Crippen LogP contribution in [0.2, 0.25) is 0 Å². The van der Waals surface area contributed by atoms with Crippen molar-refractivity contribution in [1.29, 1.82) is 0 Å². The minimum Gasteiger partial charge on any atom is -0.467 e. The summed E-state index contributed by atoms with van der Waals surface area (Å²) in [6, 6.07) is -1.15. The van der Waals surface area contributed by atoms with Crippen molar-refractivity contribution in [2.45, 2.75) is 57.7 Å². The first-order valence-electron chi connectivity index (χ1n) is 7.61. The lowest BCUT2D eigenvalue weighted by Gasteiger charge is -2.40. The van der Waals surface area contributed by atoms with E-state index in [0.29, 0.717) is 13.0 Å². The lowest BCUT2D eigenvalue weighted by molar-refractivity contribution is -0.160. The van der Waals surface area contributed by atoms with Crippen LogP contribution in [0, 0.1) is 5.92 Å². The van der Waals surface area contributed by atoms with Gasteiger partial charge in [0.15, 0.2) is 0 Å². The maximum Gasteiger partial charge on any atom is 0.408 e. The molecule has 0 aromatic carbocycles. The van der Waals surface area contributed by atoms with Crippen molar-refractivity contribution in [1.82, 2.24) is 10.2 Å². The first kappa shape index (κ1) is 16.6. The highest BCUT2D eigenvalue weighted by Gasteiger charge is 2.46. The number of rotatable bonds is 4. The Bertz CT molecular complexity index is 467. The molecule has 1 unspecified atom stereocenters. The molecule has 1 N–H and O–H groups in total. The smallest absolute Gasteiger partial charge is 0.408 e. The van der Waals surface area contributed by atoms with Crippen molar-refractivity contribution < 1.29 is 23.9 Å². The van der Waals surface area contributed by atoms with E-state index in [4.69, 9.17) is 9.47 Å². The zero-order chi connectivity index (χ0) is 16.5. The maximum absolute atomic E-state index is 12.6. The highest BCUT2D eigenvalue weighted by Crippen LogP contribution is 2.35. The summed E-state index contributed by atoms with van der Waals surface area (Å²) >= 11 is 0. The Morgan fingerprint density at radius 2 is 1.82 bits per heavy atom. The monoisotopic (exact) mass is 312 g/mol. The number of methoxy groups -OCH3 is 1. The summed E-state index contributed by atoms with van der Waals surface area (Å²) < 4.78 is 9.90. The van der Waals surface area contributed by atoms with Crippen molar-refractivity contribution in [3.63, 3.8) is 0 Å². The van der Waals surface area contributed by atoms with Gasteiger partial charge >= 0.3 is 12.1 Å². The van der Waals surface area contributed by atoms with E-state index in [9.17, 15) is 14.4 Å². The molecule has 1 aliphatic carbocycles. The van der Waals surface area contributed by atoms with Gasteiger partial charge in [-0.05, 0) is 46.0 Å². The fourth-order valence-electron chi connectivity index (χ4n) is 2.46. The highest BCUT2D eigenvalue weighted by atomic mass is 16.6. The van der Waals surface area contributed by atoms with E-state index in [-0.39, 0.29) is 11.8 Å². The van der Waals surface area contributed by atoms with E-state index in [1.54, 1.807) is 20.8 Å². The van der Waals surface area contributed by atoms with Crippen LogP contribution < -0.4 is 5.32 Å². The number of esters is 1. The molecule has 1 saturated carbocycles. The molecule has 1 saturated heterocycles. The van der Waals surface area contributed by atoms with Gasteiger partial charge in [0.2, 0.25) is 5.91 Å². The van der Waals surface area contributed by atoms with Crippen molar-refractivity contribution in [2.24, 2.45) is 5.92 Å². The second-order valence-electron chi connectivity index (χ2n) is 6.82. The van der Waals surface area contributed by atoms with Gasteiger partial charge in [-0.25, -0.2) is 9.59 Å². The Morgan fingerprint density at radius 1 is 1.18 bits per heavy atom. The molecule has 0 aromatic heterocycles. The molecular weight excluding hydrogens is 288 g/mol. The zero-order valence-corrected chi connectivity index (χ0v) is 13.5. The van der Waals surface area contributed by atoms with E-state index in [1.807, 2.05) is 0 Å². The predicted molar refractivity (Wildman–Crippen MR) is 78.0 cm³/mol. The summed E-state index contributed by atoms with van der Waals surface area (Å²) in [6.07, 6.45) is 1.78. The lowest BCUT2D eigenvalue weighted by Crippen LogP contribution is -2.61. The van der Waals surface area contributed by atoms with Gasteiger partial charge in [-0.15, -0.1) is 0 Å². The first-order valence-corrected chi connectivity index (χ1v) is 7.61. The molecule has 0 spiro atoms. The fraction of sp³-hybridized carbons (Fsp3) is 0.800.